The minimum absolute atomic E-state index is 0.181. The molecular weight excluding hydrogens is 252 g/mol. The average molecular weight is 267 g/mol. The molecule has 0 fully saturated rings. The molecule has 0 aliphatic carbocycles. The summed E-state index contributed by atoms with van der Waals surface area (Å²) < 4.78 is 5.07. The maximum absolute atomic E-state index is 11.7. The molecular formula is C13H15ClN2O2. The molecule has 2 N–H and O–H groups in total. The van der Waals surface area contributed by atoms with Crippen LogP contribution in [0.4, 0.5) is 5.69 Å². The van der Waals surface area contributed by atoms with E-state index < -0.39 is 11.4 Å². The van der Waals surface area contributed by atoms with E-state index in [2.05, 4.69) is 6.07 Å². The molecule has 0 aliphatic rings. The van der Waals surface area contributed by atoms with Gasteiger partial charge in [-0.2, -0.15) is 5.26 Å². The van der Waals surface area contributed by atoms with Crippen LogP contribution in [-0.2, 0) is 4.74 Å². The van der Waals surface area contributed by atoms with Crippen molar-refractivity contribution >= 4 is 23.3 Å². The van der Waals surface area contributed by atoms with Gasteiger partial charge in [-0.3, -0.25) is 0 Å². The number of nitrogen functional groups attached to an aromatic ring is 1. The number of benzene rings is 1. The third-order valence-corrected chi connectivity index (χ3v) is 2.79. The minimum atomic E-state index is -0.509. The van der Waals surface area contributed by atoms with E-state index in [4.69, 9.17) is 27.3 Å². The molecule has 0 spiro atoms. The van der Waals surface area contributed by atoms with Gasteiger partial charge >= 0.3 is 5.97 Å². The van der Waals surface area contributed by atoms with Crippen LogP contribution in [0, 0.1) is 16.7 Å². The zero-order chi connectivity index (χ0) is 13.8. The number of nitrogens with two attached hydrogens (primary N) is 1. The first-order chi connectivity index (χ1) is 8.35. The van der Waals surface area contributed by atoms with Crippen LogP contribution in [0.5, 0.6) is 0 Å². The number of nitrogens with zero attached hydrogens (tertiary/aromatic N) is 1. The van der Waals surface area contributed by atoms with Gasteiger partial charge in [-0.25, -0.2) is 4.79 Å². The first-order valence-electron chi connectivity index (χ1n) is 5.49. The van der Waals surface area contributed by atoms with Crippen LogP contribution in [0.15, 0.2) is 18.2 Å². The van der Waals surface area contributed by atoms with Crippen molar-refractivity contribution < 1.29 is 9.53 Å². The van der Waals surface area contributed by atoms with E-state index in [0.29, 0.717) is 12.1 Å². The highest BCUT2D eigenvalue weighted by atomic mass is 35.5. The molecule has 1 rings (SSSR count). The van der Waals surface area contributed by atoms with Gasteiger partial charge in [0, 0.05) is 5.69 Å². The van der Waals surface area contributed by atoms with Crippen molar-refractivity contribution in [3.8, 4) is 6.07 Å². The molecule has 0 saturated carbocycles. The van der Waals surface area contributed by atoms with Crippen LogP contribution in [0.25, 0.3) is 0 Å². The zero-order valence-electron chi connectivity index (χ0n) is 10.4. The van der Waals surface area contributed by atoms with Crippen molar-refractivity contribution in [3.63, 3.8) is 0 Å². The predicted octanol–water partition coefficient (Wildman–Crippen LogP) is 3.02. The van der Waals surface area contributed by atoms with Crippen LogP contribution in [0.1, 0.15) is 30.6 Å². The highest BCUT2D eigenvalue weighted by Gasteiger charge is 2.18. The molecule has 0 amide bonds. The Morgan fingerprint density at radius 3 is 2.78 bits per heavy atom. The normalized spacial score (nSPS) is 10.8. The number of rotatable bonds is 4. The van der Waals surface area contributed by atoms with Gasteiger partial charge in [0.2, 0.25) is 0 Å². The second kappa shape index (κ2) is 5.74. The molecule has 0 saturated heterocycles. The summed E-state index contributed by atoms with van der Waals surface area (Å²) >= 11 is 5.89. The van der Waals surface area contributed by atoms with E-state index in [9.17, 15) is 4.79 Å². The van der Waals surface area contributed by atoms with Crippen molar-refractivity contribution in [1.29, 1.82) is 5.26 Å². The number of carbonyl (C=O) groups is 1. The van der Waals surface area contributed by atoms with Gasteiger partial charge in [0.25, 0.3) is 0 Å². The largest absolute Gasteiger partial charge is 0.462 e. The van der Waals surface area contributed by atoms with Crippen molar-refractivity contribution in [2.24, 2.45) is 5.41 Å². The molecule has 1 aromatic carbocycles. The minimum Gasteiger partial charge on any atom is -0.462 e. The molecule has 0 aromatic heterocycles. The lowest BCUT2D eigenvalue weighted by molar-refractivity contribution is 0.0475. The Balaban J connectivity index is 2.59. The van der Waals surface area contributed by atoms with Gasteiger partial charge in [-0.15, -0.1) is 0 Å². The van der Waals surface area contributed by atoms with Gasteiger partial charge < -0.3 is 10.5 Å². The van der Waals surface area contributed by atoms with Crippen molar-refractivity contribution in [2.75, 3.05) is 12.3 Å². The lowest BCUT2D eigenvalue weighted by Crippen LogP contribution is -2.15. The SMILES string of the molecule is CC(C)(C#N)CCOC(=O)c1ccc(N)cc1Cl. The van der Waals surface area contributed by atoms with E-state index in [1.54, 1.807) is 19.9 Å². The van der Waals surface area contributed by atoms with Crippen LogP contribution < -0.4 is 5.73 Å². The molecule has 0 heterocycles. The smallest absolute Gasteiger partial charge is 0.339 e. The summed E-state index contributed by atoms with van der Waals surface area (Å²) in [6.45, 7) is 3.76. The first kappa shape index (κ1) is 14.3. The summed E-state index contributed by atoms with van der Waals surface area (Å²) in [5.41, 5.74) is 5.79. The van der Waals surface area contributed by atoms with E-state index in [1.807, 2.05) is 0 Å². The lowest BCUT2D eigenvalue weighted by atomic mass is 9.92. The number of ether oxygens (including phenoxy) is 1. The first-order valence-corrected chi connectivity index (χ1v) is 5.87. The molecule has 0 aliphatic heterocycles. The van der Waals surface area contributed by atoms with E-state index >= 15 is 0 Å². The number of carbonyl (C=O) groups excluding carboxylic acids is 1. The molecule has 18 heavy (non-hydrogen) atoms. The number of halogens is 1. The molecule has 0 bridgehead atoms. The highest BCUT2D eigenvalue weighted by Crippen LogP contribution is 2.21. The number of hydrogen-bond acceptors (Lipinski definition) is 4. The van der Waals surface area contributed by atoms with Gasteiger partial charge in [-0.05, 0) is 38.5 Å². The maximum atomic E-state index is 11.7. The van der Waals surface area contributed by atoms with Crippen molar-refractivity contribution in [2.45, 2.75) is 20.3 Å². The Hall–Kier alpha value is -1.73. The molecule has 0 unspecified atom stereocenters. The summed E-state index contributed by atoms with van der Waals surface area (Å²) in [6.07, 6.45) is 0.474. The Morgan fingerprint density at radius 1 is 1.56 bits per heavy atom. The van der Waals surface area contributed by atoms with Gasteiger partial charge in [0.05, 0.1) is 28.7 Å². The predicted molar refractivity (Wildman–Crippen MR) is 70.2 cm³/mol. The number of hydrogen-bond donors (Lipinski definition) is 1. The summed E-state index contributed by atoms with van der Waals surface area (Å²) in [5.74, 6) is -0.506. The number of anilines is 1. The topological polar surface area (TPSA) is 76.1 Å². The standard InChI is InChI=1S/C13H15ClN2O2/c1-13(2,8-15)5-6-18-12(17)10-4-3-9(16)7-11(10)14/h3-4,7H,5-6,16H2,1-2H3. The van der Waals surface area contributed by atoms with Crippen molar-refractivity contribution in [1.82, 2.24) is 0 Å². The molecule has 0 atom stereocenters. The zero-order valence-corrected chi connectivity index (χ0v) is 11.1. The summed E-state index contributed by atoms with van der Waals surface area (Å²) in [4.78, 5) is 11.7. The van der Waals surface area contributed by atoms with Gasteiger partial charge in [0.15, 0.2) is 0 Å². The molecule has 4 nitrogen and oxygen atoms in total. The fourth-order valence-electron chi connectivity index (χ4n) is 1.23. The summed E-state index contributed by atoms with van der Waals surface area (Å²) in [7, 11) is 0. The summed E-state index contributed by atoms with van der Waals surface area (Å²) in [5, 5.41) is 9.09. The molecule has 0 radical (unpaired) electrons. The van der Waals surface area contributed by atoms with Gasteiger partial charge in [-0.1, -0.05) is 11.6 Å². The average Bonchev–Trinajstić information content (AvgIpc) is 2.28. The van der Waals surface area contributed by atoms with E-state index in [-0.39, 0.29) is 17.2 Å². The molecule has 5 heteroatoms. The fraction of sp³-hybridized carbons (Fsp3) is 0.385. The Bertz CT molecular complexity index is 492. The van der Waals surface area contributed by atoms with Crippen LogP contribution in [0.2, 0.25) is 5.02 Å². The van der Waals surface area contributed by atoms with E-state index in [0.717, 1.165) is 0 Å². The van der Waals surface area contributed by atoms with Crippen LogP contribution in [-0.4, -0.2) is 12.6 Å². The van der Waals surface area contributed by atoms with E-state index in [1.165, 1.54) is 12.1 Å². The Morgan fingerprint density at radius 2 is 2.22 bits per heavy atom. The maximum Gasteiger partial charge on any atom is 0.339 e. The number of esters is 1. The Kier molecular flexibility index (Phi) is 4.57. The quantitative estimate of drug-likeness (QED) is 0.671. The second-order valence-corrected chi connectivity index (χ2v) is 5.03. The summed E-state index contributed by atoms with van der Waals surface area (Å²) in [6, 6.07) is 6.75. The van der Waals surface area contributed by atoms with Crippen LogP contribution >= 0.6 is 11.6 Å². The van der Waals surface area contributed by atoms with Crippen molar-refractivity contribution in [3.05, 3.63) is 28.8 Å². The fourth-order valence-corrected chi connectivity index (χ4v) is 1.50. The van der Waals surface area contributed by atoms with Gasteiger partial charge in [0.1, 0.15) is 0 Å². The molecule has 1 aromatic rings. The Labute approximate surface area is 111 Å². The second-order valence-electron chi connectivity index (χ2n) is 4.62. The third-order valence-electron chi connectivity index (χ3n) is 2.48. The lowest BCUT2D eigenvalue weighted by Gasteiger charge is -2.14. The highest BCUT2D eigenvalue weighted by molar-refractivity contribution is 6.33. The van der Waals surface area contributed by atoms with Crippen LogP contribution in [0.3, 0.4) is 0 Å². The number of nitriles is 1. The molecule has 96 valence electrons. The monoisotopic (exact) mass is 266 g/mol. The third kappa shape index (κ3) is 3.94.